The normalized spacial score (nSPS) is 12.9. The fourth-order valence-electron chi connectivity index (χ4n) is 1.50. The van der Waals surface area contributed by atoms with Crippen LogP contribution in [0.4, 0.5) is 0 Å². The standard InChI is InChI=1S/C13H18BrClO/c1-9(2)13(15)7-4-10-8-11(16-3)5-6-12(10)14/h5-6,8-9,13H,4,7H2,1-3H3. The molecule has 0 heterocycles. The van der Waals surface area contributed by atoms with Crippen LogP contribution >= 0.6 is 27.5 Å². The molecule has 0 aromatic heterocycles. The summed E-state index contributed by atoms with van der Waals surface area (Å²) in [7, 11) is 1.69. The number of aryl methyl sites for hydroxylation is 1. The fourth-order valence-corrected chi connectivity index (χ4v) is 2.05. The lowest BCUT2D eigenvalue weighted by Gasteiger charge is -2.14. The quantitative estimate of drug-likeness (QED) is 0.719. The van der Waals surface area contributed by atoms with E-state index in [-0.39, 0.29) is 5.38 Å². The maximum atomic E-state index is 6.25. The highest BCUT2D eigenvalue weighted by atomic mass is 79.9. The van der Waals surface area contributed by atoms with Gasteiger partial charge in [0, 0.05) is 9.85 Å². The first-order valence-electron chi connectivity index (χ1n) is 5.51. The minimum absolute atomic E-state index is 0.234. The zero-order chi connectivity index (χ0) is 12.1. The van der Waals surface area contributed by atoms with E-state index in [1.54, 1.807) is 7.11 Å². The van der Waals surface area contributed by atoms with Crippen LogP contribution in [0.1, 0.15) is 25.8 Å². The average Bonchev–Trinajstić information content (AvgIpc) is 2.27. The van der Waals surface area contributed by atoms with Gasteiger partial charge in [-0.05, 0) is 42.5 Å². The van der Waals surface area contributed by atoms with Crippen molar-refractivity contribution in [3.63, 3.8) is 0 Å². The lowest BCUT2D eigenvalue weighted by atomic mass is 10.0. The molecule has 1 atom stereocenters. The Morgan fingerprint density at radius 3 is 2.62 bits per heavy atom. The smallest absolute Gasteiger partial charge is 0.119 e. The van der Waals surface area contributed by atoms with Crippen molar-refractivity contribution < 1.29 is 4.74 Å². The molecule has 0 bridgehead atoms. The van der Waals surface area contributed by atoms with Crippen LogP contribution in [0.15, 0.2) is 22.7 Å². The van der Waals surface area contributed by atoms with Crippen molar-refractivity contribution in [2.75, 3.05) is 7.11 Å². The van der Waals surface area contributed by atoms with Gasteiger partial charge in [0.25, 0.3) is 0 Å². The molecule has 0 spiro atoms. The summed E-state index contributed by atoms with van der Waals surface area (Å²) in [4.78, 5) is 0. The number of ether oxygens (including phenoxy) is 1. The van der Waals surface area contributed by atoms with Gasteiger partial charge in [0.2, 0.25) is 0 Å². The number of hydrogen-bond donors (Lipinski definition) is 0. The van der Waals surface area contributed by atoms with E-state index in [0.717, 1.165) is 23.1 Å². The Morgan fingerprint density at radius 1 is 1.38 bits per heavy atom. The molecule has 0 saturated heterocycles. The molecule has 0 radical (unpaired) electrons. The van der Waals surface area contributed by atoms with Gasteiger partial charge in [0.1, 0.15) is 5.75 Å². The third-order valence-corrected chi connectivity index (χ3v) is 4.16. The summed E-state index contributed by atoms with van der Waals surface area (Å²) in [5, 5.41) is 0.234. The van der Waals surface area contributed by atoms with Crippen LogP contribution in [0.3, 0.4) is 0 Å². The number of benzene rings is 1. The predicted molar refractivity (Wildman–Crippen MR) is 73.5 cm³/mol. The largest absolute Gasteiger partial charge is 0.497 e. The first kappa shape index (κ1) is 13.9. The molecule has 0 aliphatic heterocycles. The van der Waals surface area contributed by atoms with Crippen LogP contribution in [0.2, 0.25) is 0 Å². The van der Waals surface area contributed by atoms with Crippen LogP contribution in [0, 0.1) is 5.92 Å². The van der Waals surface area contributed by atoms with Crippen molar-refractivity contribution in [2.24, 2.45) is 5.92 Å². The van der Waals surface area contributed by atoms with E-state index in [4.69, 9.17) is 16.3 Å². The zero-order valence-electron chi connectivity index (χ0n) is 9.97. The number of rotatable bonds is 5. The molecule has 0 aliphatic carbocycles. The van der Waals surface area contributed by atoms with Gasteiger partial charge < -0.3 is 4.74 Å². The van der Waals surface area contributed by atoms with E-state index in [9.17, 15) is 0 Å². The Balaban J connectivity index is 2.65. The first-order chi connectivity index (χ1) is 7.54. The fraction of sp³-hybridized carbons (Fsp3) is 0.538. The van der Waals surface area contributed by atoms with Crippen molar-refractivity contribution in [1.29, 1.82) is 0 Å². The molecule has 1 rings (SSSR count). The SMILES string of the molecule is COc1ccc(Br)c(CCC(Cl)C(C)C)c1. The summed E-state index contributed by atoms with van der Waals surface area (Å²) in [6, 6.07) is 6.04. The molecule has 16 heavy (non-hydrogen) atoms. The average molecular weight is 306 g/mol. The van der Waals surface area contributed by atoms with Crippen LogP contribution < -0.4 is 4.74 Å². The minimum Gasteiger partial charge on any atom is -0.497 e. The maximum absolute atomic E-state index is 6.25. The highest BCUT2D eigenvalue weighted by Gasteiger charge is 2.11. The zero-order valence-corrected chi connectivity index (χ0v) is 12.3. The summed E-state index contributed by atoms with van der Waals surface area (Å²) >= 11 is 9.79. The van der Waals surface area contributed by atoms with Crippen molar-refractivity contribution in [2.45, 2.75) is 32.1 Å². The highest BCUT2D eigenvalue weighted by Crippen LogP contribution is 2.25. The monoisotopic (exact) mass is 304 g/mol. The van der Waals surface area contributed by atoms with Crippen LogP contribution in [0.5, 0.6) is 5.75 Å². The molecule has 1 unspecified atom stereocenters. The summed E-state index contributed by atoms with van der Waals surface area (Å²) < 4.78 is 6.34. The second kappa shape index (κ2) is 6.51. The minimum atomic E-state index is 0.234. The van der Waals surface area contributed by atoms with Gasteiger partial charge >= 0.3 is 0 Å². The lowest BCUT2D eigenvalue weighted by Crippen LogP contribution is -2.09. The van der Waals surface area contributed by atoms with Gasteiger partial charge in [0.05, 0.1) is 7.11 Å². The second-order valence-corrected chi connectivity index (χ2v) is 5.67. The Morgan fingerprint density at radius 2 is 2.06 bits per heavy atom. The highest BCUT2D eigenvalue weighted by molar-refractivity contribution is 9.10. The van der Waals surface area contributed by atoms with Gasteiger partial charge in [-0.3, -0.25) is 0 Å². The molecule has 1 aromatic rings. The van der Waals surface area contributed by atoms with Crippen molar-refractivity contribution >= 4 is 27.5 Å². The Bertz CT molecular complexity index is 339. The van der Waals surface area contributed by atoms with Crippen LogP contribution in [-0.4, -0.2) is 12.5 Å². The van der Waals surface area contributed by atoms with E-state index in [1.807, 2.05) is 12.1 Å². The van der Waals surface area contributed by atoms with E-state index in [1.165, 1.54) is 5.56 Å². The number of hydrogen-bond acceptors (Lipinski definition) is 1. The third-order valence-electron chi connectivity index (χ3n) is 2.67. The third kappa shape index (κ3) is 3.99. The number of halogens is 2. The van der Waals surface area contributed by atoms with Gasteiger partial charge in [-0.25, -0.2) is 0 Å². The second-order valence-electron chi connectivity index (χ2n) is 4.26. The van der Waals surface area contributed by atoms with Crippen LogP contribution in [0.25, 0.3) is 0 Å². The summed E-state index contributed by atoms with van der Waals surface area (Å²) in [5.74, 6) is 1.42. The summed E-state index contributed by atoms with van der Waals surface area (Å²) in [6.45, 7) is 4.30. The molecule has 1 aromatic carbocycles. The van der Waals surface area contributed by atoms with E-state index in [2.05, 4.69) is 35.8 Å². The predicted octanol–water partition coefficient (Wildman–Crippen LogP) is 4.65. The van der Waals surface area contributed by atoms with E-state index >= 15 is 0 Å². The van der Waals surface area contributed by atoms with E-state index in [0.29, 0.717) is 5.92 Å². The van der Waals surface area contributed by atoms with Crippen molar-refractivity contribution in [3.05, 3.63) is 28.2 Å². The molecule has 3 heteroatoms. The Labute approximate surface area is 111 Å². The molecule has 1 nitrogen and oxygen atoms in total. The van der Waals surface area contributed by atoms with Gasteiger partial charge in [0.15, 0.2) is 0 Å². The summed E-state index contributed by atoms with van der Waals surface area (Å²) in [5.41, 5.74) is 1.26. The lowest BCUT2D eigenvalue weighted by molar-refractivity contribution is 0.414. The van der Waals surface area contributed by atoms with Crippen LogP contribution in [-0.2, 0) is 6.42 Å². The van der Waals surface area contributed by atoms with Crippen molar-refractivity contribution in [3.8, 4) is 5.75 Å². The van der Waals surface area contributed by atoms with Gasteiger partial charge in [-0.2, -0.15) is 0 Å². The summed E-state index contributed by atoms with van der Waals surface area (Å²) in [6.07, 6.45) is 1.97. The molecule has 0 fully saturated rings. The number of methoxy groups -OCH3 is 1. The van der Waals surface area contributed by atoms with Gasteiger partial charge in [-0.15, -0.1) is 11.6 Å². The topological polar surface area (TPSA) is 9.23 Å². The molecular formula is C13H18BrClO. The molecule has 0 amide bonds. The molecule has 0 aliphatic rings. The first-order valence-corrected chi connectivity index (χ1v) is 6.74. The Kier molecular flexibility index (Phi) is 5.63. The maximum Gasteiger partial charge on any atom is 0.119 e. The number of alkyl halides is 1. The molecule has 0 saturated carbocycles. The van der Waals surface area contributed by atoms with Gasteiger partial charge in [-0.1, -0.05) is 29.8 Å². The van der Waals surface area contributed by atoms with E-state index < -0.39 is 0 Å². The van der Waals surface area contributed by atoms with Crippen molar-refractivity contribution in [1.82, 2.24) is 0 Å². The molecule has 90 valence electrons. The Hall–Kier alpha value is -0.210. The molecular weight excluding hydrogens is 287 g/mol. The molecule has 0 N–H and O–H groups in total.